The molecule has 0 heterocycles. The van der Waals surface area contributed by atoms with E-state index < -0.39 is 66.1 Å². The monoisotopic (exact) mass is 584 g/mol. The second-order valence-electron chi connectivity index (χ2n) is 5.85. The first-order valence-corrected chi connectivity index (χ1v) is 9.16. The summed E-state index contributed by atoms with van der Waals surface area (Å²) < 4.78 is 104. The van der Waals surface area contributed by atoms with Gasteiger partial charge in [-0.15, -0.1) is 0 Å². The van der Waals surface area contributed by atoms with Crippen molar-refractivity contribution in [2.45, 2.75) is 18.0 Å². The van der Waals surface area contributed by atoms with Crippen LogP contribution in [0.2, 0.25) is 0 Å². The molecule has 0 atom stereocenters. The first-order valence-electron chi connectivity index (χ1n) is 7.58. The van der Waals surface area contributed by atoms with Gasteiger partial charge in [0.2, 0.25) is 5.82 Å². The lowest BCUT2D eigenvalue weighted by atomic mass is 9.94. The number of alkyl halides is 7. The molecule has 31 heavy (non-hydrogen) atoms. The third kappa shape index (κ3) is 4.66. The predicted octanol–water partition coefficient (Wildman–Crippen LogP) is 6.80. The quantitative estimate of drug-likeness (QED) is 0.244. The van der Waals surface area contributed by atoms with E-state index >= 15 is 0 Å². The molecule has 0 fully saturated rings. The SMILES string of the molecule is O=C(Nc1c(Br)cc(C(F)(C(F)(F)F)C(F)(F)F)cc1Br)c1ccc(F)c([N+](=O)[O-])c1. The van der Waals surface area contributed by atoms with Crippen molar-refractivity contribution >= 4 is 49.1 Å². The number of nitro benzene ring substituents is 1. The highest BCUT2D eigenvalue weighted by atomic mass is 79.9. The van der Waals surface area contributed by atoms with E-state index in [2.05, 4.69) is 37.2 Å². The summed E-state index contributed by atoms with van der Waals surface area (Å²) in [7, 11) is 0. The molecule has 15 heteroatoms. The first kappa shape index (κ1) is 25.0. The zero-order valence-corrected chi connectivity index (χ0v) is 17.5. The maximum Gasteiger partial charge on any atom is 0.435 e. The lowest BCUT2D eigenvalue weighted by Gasteiger charge is -2.31. The number of benzene rings is 2. The Morgan fingerprint density at radius 1 is 0.935 bits per heavy atom. The Kier molecular flexibility index (Phi) is 6.71. The highest BCUT2D eigenvalue weighted by Crippen LogP contribution is 2.54. The van der Waals surface area contributed by atoms with Gasteiger partial charge in [0, 0.05) is 26.1 Å². The summed E-state index contributed by atoms with van der Waals surface area (Å²) in [5, 5.41) is 12.8. The number of carbonyl (C=O) groups excluding carboxylic acids is 1. The smallest absolute Gasteiger partial charge is 0.320 e. The number of rotatable bonds is 4. The number of hydrogen-bond acceptors (Lipinski definition) is 3. The molecule has 0 unspecified atom stereocenters. The number of nitrogens with zero attached hydrogens (tertiary/aromatic N) is 1. The summed E-state index contributed by atoms with van der Waals surface area (Å²) >= 11 is 5.32. The van der Waals surface area contributed by atoms with Crippen molar-refractivity contribution < 1.29 is 44.8 Å². The van der Waals surface area contributed by atoms with Crippen molar-refractivity contribution in [2.75, 3.05) is 5.32 Å². The Balaban J connectivity index is 2.49. The van der Waals surface area contributed by atoms with E-state index in [1.165, 1.54) is 0 Å². The van der Waals surface area contributed by atoms with Gasteiger partial charge in [0.1, 0.15) is 0 Å². The number of hydrogen-bond donors (Lipinski definition) is 1. The molecule has 0 saturated carbocycles. The Morgan fingerprint density at radius 2 is 1.42 bits per heavy atom. The van der Waals surface area contributed by atoms with E-state index in [9.17, 15) is 50.0 Å². The number of carbonyl (C=O) groups is 1. The molecule has 2 aromatic carbocycles. The van der Waals surface area contributed by atoms with E-state index in [0.717, 1.165) is 6.07 Å². The number of amides is 1. The van der Waals surface area contributed by atoms with Gasteiger partial charge in [-0.25, -0.2) is 4.39 Å². The largest absolute Gasteiger partial charge is 0.435 e. The molecule has 2 aromatic rings. The maximum atomic E-state index is 14.2. The third-order valence-electron chi connectivity index (χ3n) is 3.86. The molecule has 0 radical (unpaired) electrons. The van der Waals surface area contributed by atoms with Crippen LogP contribution in [0.15, 0.2) is 39.3 Å². The molecule has 1 amide bonds. The minimum absolute atomic E-state index is 0.175. The highest BCUT2D eigenvalue weighted by molar-refractivity contribution is 9.11. The predicted molar refractivity (Wildman–Crippen MR) is 97.7 cm³/mol. The van der Waals surface area contributed by atoms with Crippen LogP contribution in [0.3, 0.4) is 0 Å². The number of nitro groups is 1. The van der Waals surface area contributed by atoms with Gasteiger partial charge < -0.3 is 5.32 Å². The second kappa shape index (κ2) is 8.33. The first-order chi connectivity index (χ1) is 14.0. The summed E-state index contributed by atoms with van der Waals surface area (Å²) in [6, 6.07) is 2.39. The summed E-state index contributed by atoms with van der Waals surface area (Å²) in [5.41, 5.74) is -9.42. The molecule has 2 rings (SSSR count). The fourth-order valence-corrected chi connectivity index (χ4v) is 3.74. The summed E-state index contributed by atoms with van der Waals surface area (Å²) in [4.78, 5) is 21.9. The lowest BCUT2D eigenvalue weighted by Crippen LogP contribution is -2.50. The number of anilines is 1. The van der Waals surface area contributed by atoms with Gasteiger partial charge in [-0.3, -0.25) is 14.9 Å². The van der Waals surface area contributed by atoms with Gasteiger partial charge >= 0.3 is 23.7 Å². The fourth-order valence-electron chi connectivity index (χ4n) is 2.36. The van der Waals surface area contributed by atoms with Gasteiger partial charge in [0.25, 0.3) is 5.91 Å². The van der Waals surface area contributed by atoms with Crippen LogP contribution < -0.4 is 5.32 Å². The lowest BCUT2D eigenvalue weighted by molar-refractivity contribution is -0.387. The van der Waals surface area contributed by atoms with Crippen molar-refractivity contribution in [3.63, 3.8) is 0 Å². The summed E-state index contributed by atoms with van der Waals surface area (Å²) in [6.07, 6.45) is -12.7. The van der Waals surface area contributed by atoms with Crippen molar-refractivity contribution in [3.8, 4) is 0 Å². The number of nitrogens with one attached hydrogen (secondary N) is 1. The summed E-state index contributed by atoms with van der Waals surface area (Å²) in [5.74, 6) is -2.36. The Hall–Kier alpha value is -2.29. The second-order valence-corrected chi connectivity index (χ2v) is 7.55. The minimum Gasteiger partial charge on any atom is -0.320 e. The van der Waals surface area contributed by atoms with Crippen molar-refractivity contribution in [1.29, 1.82) is 0 Å². The third-order valence-corrected chi connectivity index (χ3v) is 5.12. The van der Waals surface area contributed by atoms with Crippen molar-refractivity contribution in [1.82, 2.24) is 0 Å². The fraction of sp³-hybridized carbons (Fsp3) is 0.188. The van der Waals surface area contributed by atoms with Crippen LogP contribution in [-0.4, -0.2) is 23.2 Å². The Bertz CT molecular complexity index is 1020. The van der Waals surface area contributed by atoms with Crippen LogP contribution in [0.4, 0.5) is 46.5 Å². The van der Waals surface area contributed by atoms with Gasteiger partial charge in [-0.2, -0.15) is 30.7 Å². The molecule has 0 spiro atoms. The van der Waals surface area contributed by atoms with Crippen LogP contribution in [0.5, 0.6) is 0 Å². The van der Waals surface area contributed by atoms with Gasteiger partial charge in [-0.05, 0) is 56.1 Å². The molecule has 1 N–H and O–H groups in total. The van der Waals surface area contributed by atoms with Gasteiger partial charge in [0.05, 0.1) is 10.6 Å². The highest BCUT2D eigenvalue weighted by Gasteiger charge is 2.73. The molecule has 0 aliphatic heterocycles. The molecule has 0 bridgehead atoms. The minimum atomic E-state index is -6.35. The normalized spacial score (nSPS) is 12.6. The topological polar surface area (TPSA) is 72.2 Å². The standard InChI is InChI=1S/C16H6Br2F8N2O3/c17-8-4-7(14(20,15(21,22)23)16(24,25)26)5-9(18)12(8)27-13(29)6-1-2-10(19)11(3-6)28(30)31/h1-5H,(H,27,29). The van der Waals surface area contributed by atoms with Crippen molar-refractivity contribution in [3.05, 3.63) is 66.3 Å². The van der Waals surface area contributed by atoms with Crippen LogP contribution in [-0.2, 0) is 5.67 Å². The maximum absolute atomic E-state index is 14.2. The van der Waals surface area contributed by atoms with E-state index in [-0.39, 0.29) is 12.1 Å². The van der Waals surface area contributed by atoms with Gasteiger partial charge in [0.15, 0.2) is 0 Å². The van der Waals surface area contributed by atoms with E-state index in [1.54, 1.807) is 0 Å². The number of halogens is 10. The molecule has 0 aliphatic carbocycles. The van der Waals surface area contributed by atoms with E-state index in [4.69, 9.17) is 0 Å². The molecule has 168 valence electrons. The molecular weight excluding hydrogens is 580 g/mol. The zero-order valence-electron chi connectivity index (χ0n) is 14.3. The molecule has 0 aliphatic rings. The van der Waals surface area contributed by atoms with Gasteiger partial charge in [-0.1, -0.05) is 0 Å². The average molecular weight is 586 g/mol. The van der Waals surface area contributed by atoms with Crippen LogP contribution in [0, 0.1) is 15.9 Å². The van der Waals surface area contributed by atoms with Crippen LogP contribution in [0.25, 0.3) is 0 Å². The molecule has 5 nitrogen and oxygen atoms in total. The zero-order chi connectivity index (χ0) is 23.9. The van der Waals surface area contributed by atoms with E-state index in [0.29, 0.717) is 12.1 Å². The van der Waals surface area contributed by atoms with Crippen LogP contribution in [0.1, 0.15) is 15.9 Å². The molecule has 0 saturated heterocycles. The molecule has 0 aromatic heterocycles. The molecular formula is C16H6Br2F8N2O3. The Labute approximate surface area is 183 Å². The van der Waals surface area contributed by atoms with E-state index in [1.807, 2.05) is 0 Å². The summed E-state index contributed by atoms with van der Waals surface area (Å²) in [6.45, 7) is 0. The van der Waals surface area contributed by atoms with Crippen LogP contribution >= 0.6 is 31.9 Å². The van der Waals surface area contributed by atoms with Crippen molar-refractivity contribution in [2.24, 2.45) is 0 Å². The Morgan fingerprint density at radius 3 is 1.84 bits per heavy atom. The average Bonchev–Trinajstić information content (AvgIpc) is 2.61.